The van der Waals surface area contributed by atoms with E-state index in [1.807, 2.05) is 4.68 Å². The molecule has 0 aliphatic heterocycles. The van der Waals surface area contributed by atoms with E-state index in [0.29, 0.717) is 6.54 Å². The smallest absolute Gasteiger partial charge is 0.149 e. The molecule has 6 heteroatoms. The SMILES string of the molecule is CCNCc1c(CC)nn(CCS(C)(=O)=O)c1CC. The molecule has 0 saturated carbocycles. The Morgan fingerprint density at radius 2 is 1.89 bits per heavy atom. The van der Waals surface area contributed by atoms with Crippen LogP contribution in [0.1, 0.15) is 37.7 Å². The van der Waals surface area contributed by atoms with Crippen LogP contribution in [0.25, 0.3) is 0 Å². The number of hydrogen-bond donors (Lipinski definition) is 1. The molecule has 1 aromatic heterocycles. The van der Waals surface area contributed by atoms with Crippen LogP contribution in [0, 0.1) is 0 Å². The molecule has 0 bridgehead atoms. The van der Waals surface area contributed by atoms with Gasteiger partial charge in [-0.25, -0.2) is 8.42 Å². The van der Waals surface area contributed by atoms with Crippen molar-refractivity contribution in [3.63, 3.8) is 0 Å². The second kappa shape index (κ2) is 7.05. The van der Waals surface area contributed by atoms with E-state index >= 15 is 0 Å². The molecular weight excluding hydrogens is 262 g/mol. The Labute approximate surface area is 116 Å². The quantitative estimate of drug-likeness (QED) is 0.779. The molecule has 110 valence electrons. The van der Waals surface area contributed by atoms with Crippen molar-refractivity contribution < 1.29 is 8.42 Å². The number of nitrogens with one attached hydrogen (secondary N) is 1. The average Bonchev–Trinajstić information content (AvgIpc) is 2.69. The summed E-state index contributed by atoms with van der Waals surface area (Å²) in [5.41, 5.74) is 3.47. The van der Waals surface area contributed by atoms with Gasteiger partial charge in [0.05, 0.1) is 18.0 Å². The maximum Gasteiger partial charge on any atom is 0.149 e. The molecule has 1 N–H and O–H groups in total. The number of aryl methyl sites for hydroxylation is 2. The largest absolute Gasteiger partial charge is 0.313 e. The standard InChI is InChI=1S/C13H25N3O2S/c1-5-12-11(10-14-7-3)13(6-2)16(15-12)8-9-19(4,17)18/h14H,5-10H2,1-4H3. The fourth-order valence-electron chi connectivity index (χ4n) is 2.16. The van der Waals surface area contributed by atoms with Crippen molar-refractivity contribution in [1.82, 2.24) is 15.1 Å². The van der Waals surface area contributed by atoms with Gasteiger partial charge >= 0.3 is 0 Å². The highest BCUT2D eigenvalue weighted by Crippen LogP contribution is 2.16. The number of sulfone groups is 1. The molecule has 0 aliphatic rings. The van der Waals surface area contributed by atoms with E-state index in [4.69, 9.17) is 0 Å². The van der Waals surface area contributed by atoms with Crippen LogP contribution in [0.15, 0.2) is 0 Å². The molecule has 0 aliphatic carbocycles. The Kier molecular flexibility index (Phi) is 6.00. The van der Waals surface area contributed by atoms with Gasteiger partial charge in [0.1, 0.15) is 9.84 Å². The third-order valence-corrected chi connectivity index (χ3v) is 4.07. The van der Waals surface area contributed by atoms with Crippen LogP contribution in [0.4, 0.5) is 0 Å². The molecule has 0 saturated heterocycles. The zero-order valence-corrected chi connectivity index (χ0v) is 13.2. The Morgan fingerprint density at radius 3 is 2.37 bits per heavy atom. The maximum atomic E-state index is 11.3. The van der Waals surface area contributed by atoms with E-state index < -0.39 is 9.84 Å². The lowest BCUT2D eigenvalue weighted by molar-refractivity contribution is 0.576. The summed E-state index contributed by atoms with van der Waals surface area (Å²) in [6.45, 7) is 8.41. The van der Waals surface area contributed by atoms with Gasteiger partial charge in [-0.05, 0) is 19.4 Å². The minimum Gasteiger partial charge on any atom is -0.313 e. The molecule has 1 heterocycles. The zero-order valence-electron chi connectivity index (χ0n) is 12.4. The summed E-state index contributed by atoms with van der Waals surface area (Å²) in [7, 11) is -2.95. The van der Waals surface area contributed by atoms with Gasteiger partial charge < -0.3 is 5.32 Å². The first kappa shape index (κ1) is 16.2. The third kappa shape index (κ3) is 4.62. The lowest BCUT2D eigenvalue weighted by Crippen LogP contribution is -2.16. The number of nitrogens with zero attached hydrogens (tertiary/aromatic N) is 2. The van der Waals surface area contributed by atoms with Crippen molar-refractivity contribution in [3.05, 3.63) is 17.0 Å². The average molecular weight is 287 g/mol. The van der Waals surface area contributed by atoms with Crippen LogP contribution in [-0.4, -0.2) is 36.8 Å². The molecule has 1 aromatic rings. The molecule has 19 heavy (non-hydrogen) atoms. The summed E-state index contributed by atoms with van der Waals surface area (Å²) in [4.78, 5) is 0. The van der Waals surface area contributed by atoms with E-state index in [0.717, 1.165) is 37.3 Å². The summed E-state index contributed by atoms with van der Waals surface area (Å²) < 4.78 is 24.4. The summed E-state index contributed by atoms with van der Waals surface area (Å²) >= 11 is 0. The fourth-order valence-corrected chi connectivity index (χ4v) is 2.66. The predicted molar refractivity (Wildman–Crippen MR) is 78.1 cm³/mol. The Morgan fingerprint density at radius 1 is 1.21 bits per heavy atom. The Balaban J connectivity index is 3.00. The number of hydrogen-bond acceptors (Lipinski definition) is 4. The molecule has 0 radical (unpaired) electrons. The first-order valence-corrected chi connectivity index (χ1v) is 8.94. The van der Waals surface area contributed by atoms with E-state index in [2.05, 4.69) is 31.2 Å². The minimum absolute atomic E-state index is 0.144. The predicted octanol–water partition coefficient (Wildman–Crippen LogP) is 1.16. The van der Waals surface area contributed by atoms with E-state index in [1.54, 1.807) is 0 Å². The van der Waals surface area contributed by atoms with E-state index in [1.165, 1.54) is 11.8 Å². The van der Waals surface area contributed by atoms with Crippen LogP contribution >= 0.6 is 0 Å². The molecular formula is C13H25N3O2S. The Bertz CT molecular complexity index is 506. The van der Waals surface area contributed by atoms with Crippen molar-refractivity contribution in [2.24, 2.45) is 0 Å². The van der Waals surface area contributed by atoms with Crippen molar-refractivity contribution in [2.75, 3.05) is 18.6 Å². The highest BCUT2D eigenvalue weighted by molar-refractivity contribution is 7.90. The van der Waals surface area contributed by atoms with Gasteiger partial charge in [0.2, 0.25) is 0 Å². The van der Waals surface area contributed by atoms with E-state index in [-0.39, 0.29) is 5.75 Å². The number of aromatic nitrogens is 2. The normalized spacial score (nSPS) is 12.0. The fraction of sp³-hybridized carbons (Fsp3) is 0.769. The van der Waals surface area contributed by atoms with E-state index in [9.17, 15) is 8.42 Å². The van der Waals surface area contributed by atoms with Crippen LogP contribution in [0.2, 0.25) is 0 Å². The van der Waals surface area contributed by atoms with Crippen molar-refractivity contribution in [3.8, 4) is 0 Å². The first-order chi connectivity index (χ1) is 8.92. The first-order valence-electron chi connectivity index (χ1n) is 6.88. The van der Waals surface area contributed by atoms with Crippen molar-refractivity contribution >= 4 is 9.84 Å². The lowest BCUT2D eigenvalue weighted by Gasteiger charge is -2.08. The molecule has 0 unspecified atom stereocenters. The molecule has 1 rings (SSSR count). The van der Waals surface area contributed by atoms with Gasteiger partial charge in [0.25, 0.3) is 0 Å². The second-order valence-electron chi connectivity index (χ2n) is 4.71. The summed E-state index contributed by atoms with van der Waals surface area (Å²) in [6.07, 6.45) is 3.01. The minimum atomic E-state index is -2.95. The third-order valence-electron chi connectivity index (χ3n) is 3.15. The van der Waals surface area contributed by atoms with Crippen LogP contribution in [0.3, 0.4) is 0 Å². The summed E-state index contributed by atoms with van der Waals surface area (Å²) in [6, 6.07) is 0. The maximum absolute atomic E-state index is 11.3. The van der Waals surface area contributed by atoms with Crippen molar-refractivity contribution in [1.29, 1.82) is 0 Å². The van der Waals surface area contributed by atoms with Crippen LogP contribution in [-0.2, 0) is 35.8 Å². The topological polar surface area (TPSA) is 64.0 Å². The highest BCUT2D eigenvalue weighted by Gasteiger charge is 2.15. The highest BCUT2D eigenvalue weighted by atomic mass is 32.2. The molecule has 0 atom stereocenters. The summed E-state index contributed by atoms with van der Waals surface area (Å²) in [5, 5.41) is 7.90. The zero-order chi connectivity index (χ0) is 14.5. The van der Waals surface area contributed by atoms with Gasteiger partial charge in [0, 0.05) is 24.1 Å². The molecule has 5 nitrogen and oxygen atoms in total. The number of rotatable bonds is 8. The summed E-state index contributed by atoms with van der Waals surface area (Å²) in [5.74, 6) is 0.144. The van der Waals surface area contributed by atoms with Gasteiger partial charge in [0.15, 0.2) is 0 Å². The molecule has 0 spiro atoms. The molecule has 0 aromatic carbocycles. The van der Waals surface area contributed by atoms with Gasteiger partial charge in [-0.2, -0.15) is 5.10 Å². The molecule has 0 amide bonds. The van der Waals surface area contributed by atoms with Gasteiger partial charge in [-0.3, -0.25) is 4.68 Å². The van der Waals surface area contributed by atoms with Gasteiger partial charge in [-0.15, -0.1) is 0 Å². The van der Waals surface area contributed by atoms with Gasteiger partial charge in [-0.1, -0.05) is 20.8 Å². The Hall–Kier alpha value is -0.880. The second-order valence-corrected chi connectivity index (χ2v) is 6.97. The van der Waals surface area contributed by atoms with Crippen LogP contribution in [0.5, 0.6) is 0 Å². The monoisotopic (exact) mass is 287 g/mol. The molecule has 0 fully saturated rings. The van der Waals surface area contributed by atoms with Crippen molar-refractivity contribution in [2.45, 2.75) is 46.7 Å². The van der Waals surface area contributed by atoms with Crippen LogP contribution < -0.4 is 5.32 Å². The lowest BCUT2D eigenvalue weighted by atomic mass is 10.1.